The molecule has 1 N–H and O–H groups in total. The molecule has 2 heterocycles. The van der Waals surface area contributed by atoms with E-state index in [1.807, 2.05) is 0 Å². The second kappa shape index (κ2) is 6.69. The Balaban J connectivity index is 1.85. The van der Waals surface area contributed by atoms with Crippen molar-refractivity contribution >= 4 is 0 Å². The Hall–Kier alpha value is -0.160. The molecule has 0 radical (unpaired) electrons. The molecule has 3 unspecified atom stereocenters. The van der Waals surface area contributed by atoms with Gasteiger partial charge in [-0.3, -0.25) is 4.90 Å². The van der Waals surface area contributed by atoms with Gasteiger partial charge in [-0.1, -0.05) is 6.92 Å². The van der Waals surface area contributed by atoms with Gasteiger partial charge in [0.05, 0.1) is 25.4 Å². The second-order valence-corrected chi connectivity index (χ2v) is 5.18. The van der Waals surface area contributed by atoms with E-state index in [0.29, 0.717) is 12.1 Å². The summed E-state index contributed by atoms with van der Waals surface area (Å²) in [5.41, 5.74) is 0. The fourth-order valence-electron chi connectivity index (χ4n) is 2.89. The maximum absolute atomic E-state index is 6.02. The standard InChI is InChI=1S/C13H26N2O2/c1-3-6-14-12(10-16-2)13-8-15-7-4-5-11(15)9-17-13/h11-14H,3-10H2,1-2H3. The minimum absolute atomic E-state index is 0.288. The normalized spacial score (nSPS) is 31.4. The maximum Gasteiger partial charge on any atom is 0.0878 e. The lowest BCUT2D eigenvalue weighted by Gasteiger charge is -2.39. The Morgan fingerprint density at radius 1 is 1.53 bits per heavy atom. The highest BCUT2D eigenvalue weighted by atomic mass is 16.5. The number of fused-ring (bicyclic) bond motifs is 1. The molecule has 0 saturated carbocycles. The highest BCUT2D eigenvalue weighted by Crippen LogP contribution is 2.23. The molecule has 0 aliphatic carbocycles. The monoisotopic (exact) mass is 242 g/mol. The van der Waals surface area contributed by atoms with E-state index in [9.17, 15) is 0 Å². The molecule has 3 atom stereocenters. The summed E-state index contributed by atoms with van der Waals surface area (Å²) in [7, 11) is 1.77. The van der Waals surface area contributed by atoms with E-state index in [-0.39, 0.29) is 6.10 Å². The first-order valence-electron chi connectivity index (χ1n) is 6.93. The highest BCUT2D eigenvalue weighted by Gasteiger charge is 2.35. The lowest BCUT2D eigenvalue weighted by molar-refractivity contribution is -0.0741. The molecule has 4 heteroatoms. The van der Waals surface area contributed by atoms with Gasteiger partial charge in [-0.05, 0) is 32.4 Å². The van der Waals surface area contributed by atoms with Crippen LogP contribution in [0.1, 0.15) is 26.2 Å². The molecule has 2 aliphatic heterocycles. The van der Waals surface area contributed by atoms with Crippen LogP contribution < -0.4 is 5.32 Å². The van der Waals surface area contributed by atoms with Crippen molar-refractivity contribution < 1.29 is 9.47 Å². The number of ether oxygens (including phenoxy) is 2. The molecule has 0 aromatic rings. The minimum Gasteiger partial charge on any atom is -0.383 e. The lowest BCUT2D eigenvalue weighted by Crippen LogP contribution is -2.55. The number of morpholine rings is 1. The summed E-state index contributed by atoms with van der Waals surface area (Å²) in [6.07, 6.45) is 4.08. The number of nitrogens with one attached hydrogen (secondary N) is 1. The van der Waals surface area contributed by atoms with Crippen molar-refractivity contribution in [3.05, 3.63) is 0 Å². The predicted molar refractivity (Wildman–Crippen MR) is 68.3 cm³/mol. The first-order valence-corrected chi connectivity index (χ1v) is 6.93. The number of hydrogen-bond acceptors (Lipinski definition) is 4. The molecule has 0 aromatic carbocycles. The number of methoxy groups -OCH3 is 1. The van der Waals surface area contributed by atoms with Gasteiger partial charge in [0.15, 0.2) is 0 Å². The molecule has 2 fully saturated rings. The van der Waals surface area contributed by atoms with Crippen LogP contribution in [0.3, 0.4) is 0 Å². The lowest BCUT2D eigenvalue weighted by atomic mass is 10.1. The zero-order valence-electron chi connectivity index (χ0n) is 11.2. The van der Waals surface area contributed by atoms with Crippen LogP contribution in [-0.4, -0.2) is 63.0 Å². The average Bonchev–Trinajstić information content (AvgIpc) is 2.81. The molecule has 2 rings (SSSR count). The van der Waals surface area contributed by atoms with Crippen LogP contribution in [0.25, 0.3) is 0 Å². The van der Waals surface area contributed by atoms with E-state index < -0.39 is 0 Å². The summed E-state index contributed by atoms with van der Waals surface area (Å²) >= 11 is 0. The van der Waals surface area contributed by atoms with E-state index in [1.165, 1.54) is 19.4 Å². The average molecular weight is 242 g/mol. The second-order valence-electron chi connectivity index (χ2n) is 5.18. The Morgan fingerprint density at radius 2 is 2.41 bits per heavy atom. The number of rotatable bonds is 6. The largest absolute Gasteiger partial charge is 0.383 e. The van der Waals surface area contributed by atoms with Crippen LogP contribution in [0.2, 0.25) is 0 Å². The molecular formula is C13H26N2O2. The van der Waals surface area contributed by atoms with Crippen molar-refractivity contribution in [3.8, 4) is 0 Å². The van der Waals surface area contributed by atoms with Gasteiger partial charge < -0.3 is 14.8 Å². The van der Waals surface area contributed by atoms with Gasteiger partial charge in [0.1, 0.15) is 0 Å². The van der Waals surface area contributed by atoms with Crippen molar-refractivity contribution in [3.63, 3.8) is 0 Å². The summed E-state index contributed by atoms with van der Waals surface area (Å²) < 4.78 is 11.3. The molecular weight excluding hydrogens is 216 g/mol. The number of nitrogens with zero attached hydrogens (tertiary/aromatic N) is 1. The summed E-state index contributed by atoms with van der Waals surface area (Å²) in [5, 5.41) is 3.54. The van der Waals surface area contributed by atoms with Crippen molar-refractivity contribution in [2.24, 2.45) is 0 Å². The van der Waals surface area contributed by atoms with Crippen LogP contribution >= 0.6 is 0 Å². The topological polar surface area (TPSA) is 33.7 Å². The third kappa shape index (κ3) is 3.41. The summed E-state index contributed by atoms with van der Waals surface area (Å²) in [4.78, 5) is 2.59. The Kier molecular flexibility index (Phi) is 5.22. The molecule has 4 nitrogen and oxygen atoms in total. The Bertz CT molecular complexity index is 225. The van der Waals surface area contributed by atoms with Crippen LogP contribution in [-0.2, 0) is 9.47 Å². The van der Waals surface area contributed by atoms with Crippen LogP contribution in [0, 0.1) is 0 Å². The van der Waals surface area contributed by atoms with Gasteiger partial charge in [0.2, 0.25) is 0 Å². The SMILES string of the molecule is CCCNC(COC)C1CN2CCCC2CO1. The zero-order chi connectivity index (χ0) is 12.1. The van der Waals surface area contributed by atoms with E-state index in [1.54, 1.807) is 7.11 Å². The molecule has 0 aromatic heterocycles. The molecule has 0 bridgehead atoms. The predicted octanol–water partition coefficient (Wildman–Crippen LogP) is 0.864. The molecule has 0 amide bonds. The fourth-order valence-corrected chi connectivity index (χ4v) is 2.89. The third-order valence-corrected chi connectivity index (χ3v) is 3.87. The number of hydrogen-bond donors (Lipinski definition) is 1. The highest BCUT2D eigenvalue weighted by molar-refractivity contribution is 4.90. The Morgan fingerprint density at radius 3 is 3.18 bits per heavy atom. The van der Waals surface area contributed by atoms with E-state index >= 15 is 0 Å². The first-order chi connectivity index (χ1) is 8.35. The van der Waals surface area contributed by atoms with Gasteiger partial charge in [0.25, 0.3) is 0 Å². The van der Waals surface area contributed by atoms with Gasteiger partial charge in [0, 0.05) is 19.7 Å². The first kappa shape index (κ1) is 13.3. The fraction of sp³-hybridized carbons (Fsp3) is 1.00. The third-order valence-electron chi connectivity index (χ3n) is 3.87. The molecule has 0 spiro atoms. The quantitative estimate of drug-likeness (QED) is 0.749. The summed E-state index contributed by atoms with van der Waals surface area (Å²) in [5.74, 6) is 0. The van der Waals surface area contributed by atoms with Gasteiger partial charge in [-0.15, -0.1) is 0 Å². The molecule has 100 valence electrons. The van der Waals surface area contributed by atoms with Crippen LogP contribution in [0.4, 0.5) is 0 Å². The van der Waals surface area contributed by atoms with E-state index in [4.69, 9.17) is 9.47 Å². The zero-order valence-corrected chi connectivity index (χ0v) is 11.2. The maximum atomic E-state index is 6.02. The van der Waals surface area contributed by atoms with Crippen LogP contribution in [0.5, 0.6) is 0 Å². The van der Waals surface area contributed by atoms with Crippen molar-refractivity contribution in [1.29, 1.82) is 0 Å². The molecule has 17 heavy (non-hydrogen) atoms. The molecule has 2 saturated heterocycles. The van der Waals surface area contributed by atoms with Crippen molar-refractivity contribution in [2.45, 2.75) is 44.4 Å². The van der Waals surface area contributed by atoms with Gasteiger partial charge in [-0.25, -0.2) is 0 Å². The summed E-state index contributed by atoms with van der Waals surface area (Å²) in [6.45, 7) is 7.18. The van der Waals surface area contributed by atoms with Gasteiger partial charge >= 0.3 is 0 Å². The van der Waals surface area contributed by atoms with Crippen molar-refractivity contribution in [2.75, 3.05) is 40.0 Å². The van der Waals surface area contributed by atoms with Crippen molar-refractivity contribution in [1.82, 2.24) is 10.2 Å². The smallest absolute Gasteiger partial charge is 0.0878 e. The Labute approximate surface area is 105 Å². The molecule has 2 aliphatic rings. The van der Waals surface area contributed by atoms with E-state index in [0.717, 1.165) is 32.7 Å². The summed E-state index contributed by atoms with van der Waals surface area (Å²) in [6, 6.07) is 1.02. The minimum atomic E-state index is 0.288. The van der Waals surface area contributed by atoms with Gasteiger partial charge in [-0.2, -0.15) is 0 Å². The van der Waals surface area contributed by atoms with E-state index in [2.05, 4.69) is 17.1 Å². The van der Waals surface area contributed by atoms with Crippen LogP contribution in [0.15, 0.2) is 0 Å².